The second-order valence-electron chi connectivity index (χ2n) is 11.7. The summed E-state index contributed by atoms with van der Waals surface area (Å²) in [7, 11) is 14.5. The van der Waals surface area contributed by atoms with Crippen LogP contribution in [0.1, 0.15) is 90.9 Å². The minimum absolute atomic E-state index is 1.21. The minimum Gasteiger partial charge on any atom is -0.328 e. The molecule has 0 aliphatic rings. The van der Waals surface area contributed by atoms with Crippen LogP contribution in [0.3, 0.4) is 0 Å². The Labute approximate surface area is 186 Å². The largest absolute Gasteiger partial charge is 0.328 e. The van der Waals surface area contributed by atoms with Crippen molar-refractivity contribution in [1.82, 2.24) is 0 Å². The summed E-state index contributed by atoms with van der Waals surface area (Å²) in [5, 5.41) is 0. The molecule has 0 aliphatic carbocycles. The zero-order valence-electron chi connectivity index (χ0n) is 22.1. The Morgan fingerprint density at radius 3 is 0.724 bits per heavy atom. The first-order valence-electron chi connectivity index (χ1n) is 13.0. The molecular weight excluding hydrogens is 354 g/mol. The van der Waals surface area contributed by atoms with Gasteiger partial charge in [0.05, 0.1) is 81.6 Å². The van der Waals surface area contributed by atoms with Gasteiger partial charge in [0.15, 0.2) is 0 Å². The van der Waals surface area contributed by atoms with Crippen LogP contribution >= 0.6 is 0 Å². The van der Waals surface area contributed by atoms with Crippen molar-refractivity contribution in [2.45, 2.75) is 90.9 Å². The van der Waals surface area contributed by atoms with Crippen molar-refractivity contribution in [3.05, 3.63) is 0 Å². The van der Waals surface area contributed by atoms with Gasteiger partial charge in [-0.15, -0.1) is 0 Å². The lowest BCUT2D eigenvalue weighted by Crippen LogP contribution is -2.42. The lowest BCUT2D eigenvalue weighted by molar-refractivity contribution is -0.891. The molecule has 0 unspecified atom stereocenters. The van der Waals surface area contributed by atoms with Crippen LogP contribution in [0, 0.1) is 0 Å². The highest BCUT2D eigenvalue weighted by molar-refractivity contribution is 4.48. The molecule has 0 amide bonds. The predicted molar refractivity (Wildman–Crippen MR) is 132 cm³/mol. The van der Waals surface area contributed by atoms with Gasteiger partial charge in [0, 0.05) is 0 Å². The van der Waals surface area contributed by atoms with Crippen molar-refractivity contribution in [2.75, 3.05) is 81.6 Å². The first-order valence-corrected chi connectivity index (χ1v) is 13.0. The van der Waals surface area contributed by atoms with E-state index in [1.54, 1.807) is 0 Å². The van der Waals surface area contributed by atoms with Crippen molar-refractivity contribution in [3.8, 4) is 0 Å². The van der Waals surface area contributed by atoms with Crippen LogP contribution < -0.4 is 0 Å². The molecule has 0 radical (unpaired) electrons. The molecular formula is C26H60N3+3. The maximum Gasteiger partial charge on any atom is 0.0782 e. The van der Waals surface area contributed by atoms with Crippen LogP contribution in [0.4, 0.5) is 0 Å². The number of nitrogens with zero attached hydrogens (tertiary/aromatic N) is 3. The third-order valence-electron chi connectivity index (χ3n) is 6.79. The molecule has 0 fully saturated rings. The summed E-state index contributed by atoms with van der Waals surface area (Å²) in [4.78, 5) is 0. The summed E-state index contributed by atoms with van der Waals surface area (Å²) in [6.07, 6.45) is 16.7. The van der Waals surface area contributed by atoms with E-state index in [-0.39, 0.29) is 0 Å². The smallest absolute Gasteiger partial charge is 0.0782 e. The van der Waals surface area contributed by atoms with Gasteiger partial charge in [-0.3, -0.25) is 0 Å². The highest BCUT2D eigenvalue weighted by atomic mass is 15.3. The Kier molecular flexibility index (Phi) is 15.6. The molecule has 0 aromatic rings. The number of unbranched alkanes of at least 4 members (excludes halogenated alkanes) is 8. The normalized spacial score (nSPS) is 13.2. The zero-order valence-corrected chi connectivity index (χ0v) is 22.1. The molecule has 0 aromatic heterocycles. The van der Waals surface area contributed by atoms with E-state index in [1.807, 2.05) is 0 Å². The summed E-state index contributed by atoms with van der Waals surface area (Å²) in [5.74, 6) is 0. The predicted octanol–water partition coefficient (Wildman–Crippen LogP) is 5.94. The van der Waals surface area contributed by atoms with Gasteiger partial charge in [-0.25, -0.2) is 0 Å². The second-order valence-corrected chi connectivity index (χ2v) is 11.7. The van der Waals surface area contributed by atoms with Gasteiger partial charge in [0.2, 0.25) is 0 Å². The maximum absolute atomic E-state index is 2.44. The topological polar surface area (TPSA) is 0 Å². The Morgan fingerprint density at radius 1 is 0.310 bits per heavy atom. The summed E-state index contributed by atoms with van der Waals surface area (Å²) < 4.78 is 3.64. The minimum atomic E-state index is 1.21. The third-order valence-corrected chi connectivity index (χ3v) is 6.79. The van der Waals surface area contributed by atoms with Crippen molar-refractivity contribution in [1.29, 1.82) is 0 Å². The van der Waals surface area contributed by atoms with E-state index in [9.17, 15) is 0 Å². The van der Waals surface area contributed by atoms with Crippen molar-refractivity contribution in [2.24, 2.45) is 0 Å². The molecule has 3 heteroatoms. The van der Waals surface area contributed by atoms with Crippen LogP contribution in [0.25, 0.3) is 0 Å². The molecule has 29 heavy (non-hydrogen) atoms. The molecule has 0 bridgehead atoms. The van der Waals surface area contributed by atoms with Gasteiger partial charge in [0.1, 0.15) is 0 Å². The summed E-state index contributed by atoms with van der Waals surface area (Å²) in [5.41, 5.74) is 0. The number of quaternary nitrogens is 3. The molecule has 0 rings (SSSR count). The second kappa shape index (κ2) is 15.6. The lowest BCUT2D eigenvalue weighted by atomic mass is 10.1. The molecule has 176 valence electrons. The molecule has 0 aromatic carbocycles. The van der Waals surface area contributed by atoms with E-state index in [0.29, 0.717) is 0 Å². The van der Waals surface area contributed by atoms with Gasteiger partial charge < -0.3 is 13.4 Å². The van der Waals surface area contributed by atoms with Crippen LogP contribution in [-0.4, -0.2) is 95.0 Å². The summed E-state index contributed by atoms with van der Waals surface area (Å²) in [6, 6.07) is 0. The summed E-state index contributed by atoms with van der Waals surface area (Å²) >= 11 is 0. The highest BCUT2D eigenvalue weighted by Crippen LogP contribution is 2.12. The van der Waals surface area contributed by atoms with E-state index >= 15 is 0 Å². The average molecular weight is 415 g/mol. The van der Waals surface area contributed by atoms with E-state index < -0.39 is 0 Å². The quantitative estimate of drug-likeness (QED) is 0.171. The van der Waals surface area contributed by atoms with Crippen molar-refractivity contribution >= 4 is 0 Å². The van der Waals surface area contributed by atoms with E-state index in [0.717, 1.165) is 0 Å². The molecule has 3 nitrogen and oxygen atoms in total. The fourth-order valence-electron chi connectivity index (χ4n) is 4.37. The average Bonchev–Trinajstić information content (AvgIpc) is 2.64. The van der Waals surface area contributed by atoms with Gasteiger partial charge in [-0.1, -0.05) is 26.7 Å². The van der Waals surface area contributed by atoms with Gasteiger partial charge in [-0.05, 0) is 64.2 Å². The number of rotatable bonds is 20. The summed E-state index contributed by atoms with van der Waals surface area (Å²) in [6.45, 7) is 12.7. The maximum atomic E-state index is 2.44. The Bertz CT molecular complexity index is 340. The van der Waals surface area contributed by atoms with E-state index in [1.165, 1.54) is 130 Å². The van der Waals surface area contributed by atoms with Crippen LogP contribution in [0.2, 0.25) is 0 Å². The highest BCUT2D eigenvalue weighted by Gasteiger charge is 2.16. The van der Waals surface area contributed by atoms with Crippen LogP contribution in [0.15, 0.2) is 0 Å². The Balaban J connectivity index is 3.69. The molecule has 0 saturated carbocycles. The fourth-order valence-corrected chi connectivity index (χ4v) is 4.37. The molecule has 0 spiro atoms. The van der Waals surface area contributed by atoms with Crippen molar-refractivity contribution < 1.29 is 13.4 Å². The SMILES string of the molecule is CCCC[N+](C)(C)CCCCCC[N+](C)(C)CCCCCC[N+](C)(C)CCCC. The van der Waals surface area contributed by atoms with Gasteiger partial charge in [-0.2, -0.15) is 0 Å². The first kappa shape index (κ1) is 28.9. The molecule has 0 N–H and O–H groups in total. The van der Waals surface area contributed by atoms with Gasteiger partial charge in [0.25, 0.3) is 0 Å². The molecule has 0 aliphatic heterocycles. The monoisotopic (exact) mass is 414 g/mol. The standard InChI is InChI=1S/C26H60N3/c1-9-11-21-27(3,4)23-17-13-15-19-25-29(7,8)26-20-16-14-18-24-28(5,6)22-12-10-2/h9-26H2,1-8H3/q+3. The van der Waals surface area contributed by atoms with Crippen LogP contribution in [-0.2, 0) is 0 Å². The third kappa shape index (κ3) is 18.4. The van der Waals surface area contributed by atoms with Gasteiger partial charge >= 0.3 is 0 Å². The number of hydrogen-bond donors (Lipinski definition) is 0. The molecule has 0 heterocycles. The molecule has 0 saturated heterocycles. The van der Waals surface area contributed by atoms with E-state index in [4.69, 9.17) is 0 Å². The van der Waals surface area contributed by atoms with E-state index in [2.05, 4.69) is 56.1 Å². The first-order chi connectivity index (χ1) is 13.5. The lowest BCUT2D eigenvalue weighted by Gasteiger charge is -2.31. The fraction of sp³-hybridized carbons (Fsp3) is 1.00. The number of hydrogen-bond acceptors (Lipinski definition) is 0. The van der Waals surface area contributed by atoms with Crippen LogP contribution in [0.5, 0.6) is 0 Å². The zero-order chi connectivity index (χ0) is 22.2. The Hall–Kier alpha value is -0.120. The molecule has 0 atom stereocenters. The Morgan fingerprint density at radius 2 is 0.517 bits per heavy atom. The van der Waals surface area contributed by atoms with Crippen molar-refractivity contribution in [3.63, 3.8) is 0 Å².